The second-order valence-electron chi connectivity index (χ2n) is 13.9. The predicted molar refractivity (Wildman–Crippen MR) is 221 cm³/mol. The Morgan fingerprint density at radius 2 is 0.759 bits per heavy atom. The summed E-state index contributed by atoms with van der Waals surface area (Å²) in [5.74, 6) is -0.338. The third-order valence-corrected chi connectivity index (χ3v) is 9.93. The number of fused-ring (bicyclic) bond motifs is 1. The molecule has 2 aliphatic rings. The quantitative estimate of drug-likeness (QED) is 0.134. The van der Waals surface area contributed by atoms with E-state index in [-0.39, 0.29) is 11.8 Å². The molecule has 0 aliphatic carbocycles. The molecule has 6 aromatic carbocycles. The molecule has 0 radical (unpaired) electrons. The van der Waals surface area contributed by atoms with E-state index in [9.17, 15) is 9.59 Å². The van der Waals surface area contributed by atoms with Crippen LogP contribution in [-0.2, 0) is 22.7 Å². The average molecular weight is 701 g/mol. The molecule has 54 heavy (non-hydrogen) atoms. The van der Waals surface area contributed by atoms with Crippen molar-refractivity contribution in [1.29, 1.82) is 0 Å². The molecule has 0 bridgehead atoms. The van der Waals surface area contributed by atoms with E-state index < -0.39 is 0 Å². The molecular weight excluding hydrogens is 661 g/mol. The van der Waals surface area contributed by atoms with Gasteiger partial charge in [0.05, 0.1) is 35.6 Å². The van der Waals surface area contributed by atoms with Crippen molar-refractivity contribution in [2.45, 2.75) is 26.9 Å². The first kappa shape index (κ1) is 34.3. The van der Waals surface area contributed by atoms with Crippen LogP contribution in [-0.4, -0.2) is 21.6 Å². The summed E-state index contributed by atoms with van der Waals surface area (Å²) < 4.78 is 0. The Hall–Kier alpha value is -6.78. The number of nitrogens with zero attached hydrogens (tertiary/aromatic N) is 2. The highest BCUT2D eigenvalue weighted by Crippen LogP contribution is 2.47. The Morgan fingerprint density at radius 1 is 0.407 bits per heavy atom. The van der Waals surface area contributed by atoms with E-state index in [1.54, 1.807) is 9.80 Å². The summed E-state index contributed by atoms with van der Waals surface area (Å²) in [6.07, 6.45) is 8.32. The van der Waals surface area contributed by atoms with E-state index in [1.165, 1.54) is 0 Å². The lowest BCUT2D eigenvalue weighted by Crippen LogP contribution is -2.29. The van der Waals surface area contributed by atoms with E-state index >= 15 is 0 Å². The zero-order chi connectivity index (χ0) is 37.0. The SMILES string of the molecule is Cc1cccc(CN2C(=O)C3=C(c4ccc(/C=C/c5ccccc5)cc4)N(Cc4cccc(C)c4)C(=O)C3=C2c2ccc(/C=C/c3ccccc3)cc2)c1. The van der Waals surface area contributed by atoms with Gasteiger partial charge in [-0.2, -0.15) is 0 Å². The van der Waals surface area contributed by atoms with Crippen molar-refractivity contribution in [2.24, 2.45) is 0 Å². The molecule has 6 aromatic rings. The predicted octanol–water partition coefficient (Wildman–Crippen LogP) is 10.9. The molecule has 0 saturated heterocycles. The molecule has 8 rings (SSSR count). The maximum atomic E-state index is 14.9. The number of amides is 2. The number of rotatable bonds is 10. The molecule has 0 N–H and O–H groups in total. The van der Waals surface area contributed by atoms with Gasteiger partial charge in [-0.15, -0.1) is 0 Å². The van der Waals surface area contributed by atoms with Crippen LogP contribution in [0.5, 0.6) is 0 Å². The molecule has 0 saturated carbocycles. The van der Waals surface area contributed by atoms with E-state index in [0.29, 0.717) is 35.6 Å². The Morgan fingerprint density at radius 3 is 1.11 bits per heavy atom. The standard InChI is InChI=1S/C50H40N2O2/c1-35-11-9-17-41(31-35)33-51-47(43-27-23-39(24-28-43)21-19-37-13-5-3-6-14-37)45-46(49(51)53)48(52(50(45)54)34-42-18-10-12-36(2)32-42)44-29-25-40(26-30-44)22-20-38-15-7-4-8-16-38/h3-32H,33-34H2,1-2H3/b21-19+,22-20+. The lowest BCUT2D eigenvalue weighted by Gasteiger charge is -2.26. The van der Waals surface area contributed by atoms with Crippen molar-refractivity contribution in [2.75, 3.05) is 0 Å². The van der Waals surface area contributed by atoms with E-state index in [0.717, 1.165) is 55.6 Å². The van der Waals surface area contributed by atoms with Crippen LogP contribution in [0.25, 0.3) is 35.7 Å². The summed E-state index contributed by atoms with van der Waals surface area (Å²) in [4.78, 5) is 33.4. The number of aryl methyl sites for hydroxylation is 2. The Labute approximate surface area is 317 Å². The highest BCUT2D eigenvalue weighted by Gasteiger charge is 2.48. The van der Waals surface area contributed by atoms with Crippen LogP contribution >= 0.6 is 0 Å². The summed E-state index contributed by atoms with van der Waals surface area (Å²) in [7, 11) is 0. The van der Waals surface area contributed by atoms with Gasteiger partial charge in [0.25, 0.3) is 11.8 Å². The first-order valence-corrected chi connectivity index (χ1v) is 18.3. The minimum absolute atomic E-state index is 0.169. The number of benzene rings is 6. The van der Waals surface area contributed by atoms with Crippen molar-refractivity contribution in [3.63, 3.8) is 0 Å². The fourth-order valence-electron chi connectivity index (χ4n) is 7.30. The van der Waals surface area contributed by atoms with Crippen LogP contribution in [0.1, 0.15) is 55.6 Å². The van der Waals surface area contributed by atoms with Crippen LogP contribution in [0.15, 0.2) is 169 Å². The van der Waals surface area contributed by atoms with Gasteiger partial charge in [-0.25, -0.2) is 0 Å². The highest BCUT2D eigenvalue weighted by molar-refractivity contribution is 6.30. The van der Waals surface area contributed by atoms with Crippen molar-refractivity contribution in [3.8, 4) is 0 Å². The van der Waals surface area contributed by atoms with Crippen molar-refractivity contribution in [1.82, 2.24) is 9.80 Å². The zero-order valence-electron chi connectivity index (χ0n) is 30.4. The maximum Gasteiger partial charge on any atom is 0.261 e. The fourth-order valence-corrected chi connectivity index (χ4v) is 7.30. The lowest BCUT2D eigenvalue weighted by molar-refractivity contribution is -0.124. The molecule has 0 unspecified atom stereocenters. The Balaban J connectivity index is 1.24. The van der Waals surface area contributed by atoms with Crippen molar-refractivity contribution in [3.05, 3.63) is 225 Å². The molecule has 0 atom stereocenters. The normalized spacial score (nSPS) is 14.3. The van der Waals surface area contributed by atoms with E-state index in [4.69, 9.17) is 0 Å². The minimum Gasteiger partial charge on any atom is -0.302 e. The maximum absolute atomic E-state index is 14.9. The Kier molecular flexibility index (Phi) is 9.57. The van der Waals surface area contributed by atoms with E-state index in [1.807, 2.05) is 109 Å². The summed E-state index contributed by atoms with van der Waals surface area (Å²) in [5, 5.41) is 0. The lowest BCUT2D eigenvalue weighted by atomic mass is 10.0. The van der Waals surface area contributed by atoms with Crippen LogP contribution in [0.3, 0.4) is 0 Å². The largest absolute Gasteiger partial charge is 0.302 e. The molecule has 4 heteroatoms. The number of hydrogen-bond donors (Lipinski definition) is 0. The second-order valence-corrected chi connectivity index (χ2v) is 13.9. The second kappa shape index (κ2) is 15.1. The number of hydrogen-bond acceptors (Lipinski definition) is 2. The van der Waals surface area contributed by atoms with Crippen LogP contribution in [0.2, 0.25) is 0 Å². The van der Waals surface area contributed by atoms with Gasteiger partial charge in [-0.05, 0) is 58.4 Å². The number of carbonyl (C=O) groups is 2. The smallest absolute Gasteiger partial charge is 0.261 e. The van der Waals surface area contributed by atoms with Crippen LogP contribution in [0, 0.1) is 13.8 Å². The zero-order valence-corrected chi connectivity index (χ0v) is 30.4. The van der Waals surface area contributed by atoms with Gasteiger partial charge in [0.15, 0.2) is 0 Å². The van der Waals surface area contributed by atoms with Gasteiger partial charge in [-0.1, -0.05) is 193 Å². The molecule has 0 aromatic heterocycles. The summed E-state index contributed by atoms with van der Waals surface area (Å²) >= 11 is 0. The molecule has 2 amide bonds. The summed E-state index contributed by atoms with van der Waals surface area (Å²) in [5.41, 5.74) is 12.4. The summed E-state index contributed by atoms with van der Waals surface area (Å²) in [6.45, 7) is 4.80. The molecule has 2 aliphatic heterocycles. The van der Waals surface area contributed by atoms with Gasteiger partial charge in [0.2, 0.25) is 0 Å². The highest BCUT2D eigenvalue weighted by atomic mass is 16.2. The topological polar surface area (TPSA) is 40.6 Å². The van der Waals surface area contributed by atoms with Gasteiger partial charge >= 0.3 is 0 Å². The van der Waals surface area contributed by atoms with Crippen molar-refractivity contribution >= 4 is 47.5 Å². The molecule has 2 heterocycles. The third-order valence-electron chi connectivity index (χ3n) is 9.93. The van der Waals surface area contributed by atoms with Crippen LogP contribution < -0.4 is 0 Å². The summed E-state index contributed by atoms with van der Waals surface area (Å²) in [6, 6.07) is 53.1. The molecular formula is C50H40N2O2. The van der Waals surface area contributed by atoms with Gasteiger partial charge in [0, 0.05) is 0 Å². The fraction of sp³-hybridized carbons (Fsp3) is 0.0800. The monoisotopic (exact) mass is 700 g/mol. The first-order valence-electron chi connectivity index (χ1n) is 18.3. The molecule has 4 nitrogen and oxygen atoms in total. The van der Waals surface area contributed by atoms with Gasteiger partial charge < -0.3 is 9.80 Å². The molecule has 0 fully saturated rings. The number of carbonyl (C=O) groups excluding carboxylic acids is 2. The minimum atomic E-state index is -0.169. The molecule has 0 spiro atoms. The van der Waals surface area contributed by atoms with Crippen molar-refractivity contribution < 1.29 is 9.59 Å². The van der Waals surface area contributed by atoms with E-state index in [2.05, 4.69) is 86.7 Å². The third kappa shape index (κ3) is 7.15. The van der Waals surface area contributed by atoms with Gasteiger partial charge in [-0.3, -0.25) is 9.59 Å². The average Bonchev–Trinajstić information content (AvgIpc) is 3.63. The molecule has 262 valence electrons. The van der Waals surface area contributed by atoms with Crippen LogP contribution in [0.4, 0.5) is 0 Å². The van der Waals surface area contributed by atoms with Gasteiger partial charge in [0.1, 0.15) is 0 Å². The first-order chi connectivity index (χ1) is 26.4. The Bertz CT molecular complexity index is 2290.